The average Bonchev–Trinajstić information content (AvgIpc) is 2.64. The average molecular weight is 350 g/mol. The molecule has 0 aliphatic carbocycles. The van der Waals surface area contributed by atoms with Gasteiger partial charge in [0.15, 0.2) is 0 Å². The predicted molar refractivity (Wildman–Crippen MR) is 106 cm³/mol. The van der Waals surface area contributed by atoms with Crippen LogP contribution < -0.4 is 5.32 Å². The number of nitrogens with one attached hydrogen (secondary N) is 1. The standard InChI is InChI=1S/C21H19NS2/c1-4-10-18(11-5-1)16-22-17-21(23-19-12-6-2-7-13-19)24-20-14-8-3-9-15-20/h1-15,17,22H,16H2. The lowest BCUT2D eigenvalue weighted by molar-refractivity contribution is 0.870. The Bertz CT molecular complexity index is 712. The van der Waals surface area contributed by atoms with E-state index in [4.69, 9.17) is 0 Å². The maximum atomic E-state index is 3.44. The quantitative estimate of drug-likeness (QED) is 0.513. The van der Waals surface area contributed by atoms with Crippen LogP contribution in [0.4, 0.5) is 0 Å². The first-order chi connectivity index (χ1) is 11.9. The highest BCUT2D eigenvalue weighted by Crippen LogP contribution is 2.38. The lowest BCUT2D eigenvalue weighted by atomic mass is 10.2. The summed E-state index contributed by atoms with van der Waals surface area (Å²) in [6.45, 7) is 0.828. The van der Waals surface area contributed by atoms with Gasteiger partial charge in [-0.05, 0) is 29.8 Å². The minimum absolute atomic E-state index is 0.828. The molecule has 0 saturated heterocycles. The number of thioether (sulfide) groups is 2. The lowest BCUT2D eigenvalue weighted by Gasteiger charge is -2.09. The predicted octanol–water partition coefficient (Wildman–Crippen LogP) is 6.16. The molecule has 0 unspecified atom stereocenters. The van der Waals surface area contributed by atoms with Crippen LogP contribution in [0.1, 0.15) is 5.56 Å². The normalized spacial score (nSPS) is 10.2. The van der Waals surface area contributed by atoms with Crippen LogP contribution in [0, 0.1) is 0 Å². The van der Waals surface area contributed by atoms with Crippen LogP contribution in [0.15, 0.2) is 111 Å². The van der Waals surface area contributed by atoms with Gasteiger partial charge in [-0.2, -0.15) is 0 Å². The zero-order chi connectivity index (χ0) is 16.5. The van der Waals surface area contributed by atoms with Crippen LogP contribution >= 0.6 is 23.5 Å². The van der Waals surface area contributed by atoms with Gasteiger partial charge in [0, 0.05) is 22.5 Å². The molecule has 0 heterocycles. The number of benzene rings is 3. The molecule has 0 aliphatic rings. The Balaban J connectivity index is 1.69. The number of hydrogen-bond donors (Lipinski definition) is 1. The van der Waals surface area contributed by atoms with Gasteiger partial charge in [0.05, 0.1) is 4.24 Å². The molecule has 1 N–H and O–H groups in total. The lowest BCUT2D eigenvalue weighted by Crippen LogP contribution is -2.04. The highest BCUT2D eigenvalue weighted by Gasteiger charge is 2.04. The zero-order valence-electron chi connectivity index (χ0n) is 13.3. The summed E-state index contributed by atoms with van der Waals surface area (Å²) >= 11 is 3.56. The van der Waals surface area contributed by atoms with Gasteiger partial charge >= 0.3 is 0 Å². The van der Waals surface area contributed by atoms with Gasteiger partial charge in [0.1, 0.15) is 0 Å². The fourth-order valence-electron chi connectivity index (χ4n) is 2.14. The fraction of sp³-hybridized carbons (Fsp3) is 0.0476. The highest BCUT2D eigenvalue weighted by atomic mass is 32.2. The molecule has 0 aliphatic heterocycles. The first kappa shape index (κ1) is 16.7. The van der Waals surface area contributed by atoms with Crippen LogP contribution in [0.3, 0.4) is 0 Å². The molecule has 0 aromatic heterocycles. The third-order valence-electron chi connectivity index (χ3n) is 3.29. The molecule has 3 heteroatoms. The first-order valence-corrected chi connectivity index (χ1v) is 9.47. The topological polar surface area (TPSA) is 12.0 Å². The van der Waals surface area contributed by atoms with E-state index in [0.29, 0.717) is 0 Å². The molecule has 24 heavy (non-hydrogen) atoms. The molecule has 120 valence electrons. The van der Waals surface area contributed by atoms with E-state index in [-0.39, 0.29) is 0 Å². The van der Waals surface area contributed by atoms with Gasteiger partial charge in [-0.25, -0.2) is 0 Å². The SMILES string of the molecule is C(NCc1ccccc1)=C(Sc1ccccc1)Sc1ccccc1. The van der Waals surface area contributed by atoms with Crippen molar-refractivity contribution in [1.82, 2.24) is 5.32 Å². The number of rotatable bonds is 7. The van der Waals surface area contributed by atoms with E-state index >= 15 is 0 Å². The van der Waals surface area contributed by atoms with Gasteiger partial charge in [-0.1, -0.05) is 90.3 Å². The fourth-order valence-corrected chi connectivity index (χ4v) is 4.22. The molecular formula is C21H19NS2. The third-order valence-corrected chi connectivity index (χ3v) is 5.45. The van der Waals surface area contributed by atoms with Crippen LogP contribution in [-0.2, 0) is 6.54 Å². The van der Waals surface area contributed by atoms with Crippen molar-refractivity contribution in [2.75, 3.05) is 0 Å². The van der Waals surface area contributed by atoms with Crippen LogP contribution in [0.5, 0.6) is 0 Å². The van der Waals surface area contributed by atoms with Crippen LogP contribution in [0.2, 0.25) is 0 Å². The summed E-state index contributed by atoms with van der Waals surface area (Å²) in [6.07, 6.45) is 2.11. The van der Waals surface area contributed by atoms with Crippen molar-refractivity contribution in [2.45, 2.75) is 16.3 Å². The minimum atomic E-state index is 0.828. The van der Waals surface area contributed by atoms with Gasteiger partial charge in [0.2, 0.25) is 0 Å². The molecule has 3 rings (SSSR count). The van der Waals surface area contributed by atoms with E-state index in [2.05, 4.69) is 84.3 Å². The van der Waals surface area contributed by atoms with E-state index in [1.54, 1.807) is 23.5 Å². The van der Waals surface area contributed by atoms with Gasteiger partial charge < -0.3 is 5.32 Å². The van der Waals surface area contributed by atoms with Gasteiger partial charge in [-0.3, -0.25) is 0 Å². The maximum Gasteiger partial charge on any atom is 0.0655 e. The van der Waals surface area contributed by atoms with Gasteiger partial charge in [0.25, 0.3) is 0 Å². The van der Waals surface area contributed by atoms with E-state index in [9.17, 15) is 0 Å². The van der Waals surface area contributed by atoms with Gasteiger partial charge in [-0.15, -0.1) is 0 Å². The molecule has 0 bridgehead atoms. The van der Waals surface area contributed by atoms with Crippen LogP contribution in [0.25, 0.3) is 0 Å². The van der Waals surface area contributed by atoms with Crippen molar-refractivity contribution in [3.63, 3.8) is 0 Å². The summed E-state index contributed by atoms with van der Waals surface area (Å²) in [5, 5.41) is 3.44. The van der Waals surface area contributed by atoms with Crippen molar-refractivity contribution in [3.05, 3.63) is 107 Å². The molecule has 0 amide bonds. The second-order valence-corrected chi connectivity index (χ2v) is 7.65. The van der Waals surface area contributed by atoms with E-state index in [1.165, 1.54) is 19.6 Å². The van der Waals surface area contributed by atoms with E-state index in [0.717, 1.165) is 6.54 Å². The van der Waals surface area contributed by atoms with Crippen molar-refractivity contribution >= 4 is 23.5 Å². The largest absolute Gasteiger partial charge is 0.385 e. The molecule has 0 fully saturated rings. The summed E-state index contributed by atoms with van der Waals surface area (Å²) in [5.74, 6) is 0. The minimum Gasteiger partial charge on any atom is -0.385 e. The summed E-state index contributed by atoms with van der Waals surface area (Å²) in [7, 11) is 0. The maximum absolute atomic E-state index is 3.44. The Morgan fingerprint density at radius 1 is 0.667 bits per heavy atom. The molecular weight excluding hydrogens is 330 g/mol. The Hall–Kier alpha value is -2.10. The molecule has 0 saturated carbocycles. The number of hydrogen-bond acceptors (Lipinski definition) is 3. The Morgan fingerprint density at radius 2 is 1.12 bits per heavy atom. The third kappa shape index (κ3) is 5.52. The van der Waals surface area contributed by atoms with E-state index in [1.807, 2.05) is 18.2 Å². The molecule has 1 nitrogen and oxygen atoms in total. The van der Waals surface area contributed by atoms with Crippen LogP contribution in [-0.4, -0.2) is 0 Å². The van der Waals surface area contributed by atoms with Crippen molar-refractivity contribution in [3.8, 4) is 0 Å². The van der Waals surface area contributed by atoms with Crippen molar-refractivity contribution in [1.29, 1.82) is 0 Å². The summed E-state index contributed by atoms with van der Waals surface area (Å²) in [6, 6.07) is 31.4. The highest BCUT2D eigenvalue weighted by molar-refractivity contribution is 8.22. The Labute approximate surface area is 152 Å². The smallest absolute Gasteiger partial charge is 0.0655 e. The monoisotopic (exact) mass is 349 g/mol. The zero-order valence-corrected chi connectivity index (χ0v) is 14.9. The molecule has 0 atom stereocenters. The molecule has 3 aromatic carbocycles. The van der Waals surface area contributed by atoms with E-state index < -0.39 is 0 Å². The summed E-state index contributed by atoms with van der Waals surface area (Å²) in [5.41, 5.74) is 1.28. The first-order valence-electron chi connectivity index (χ1n) is 7.83. The second-order valence-electron chi connectivity index (χ2n) is 5.16. The van der Waals surface area contributed by atoms with Crippen molar-refractivity contribution in [2.24, 2.45) is 0 Å². The molecule has 3 aromatic rings. The Morgan fingerprint density at radius 3 is 1.62 bits per heavy atom. The van der Waals surface area contributed by atoms with Crippen molar-refractivity contribution < 1.29 is 0 Å². The Kier molecular flexibility index (Phi) is 6.46. The second kappa shape index (κ2) is 9.26. The molecule has 0 radical (unpaired) electrons. The molecule has 0 spiro atoms. The summed E-state index contributed by atoms with van der Waals surface area (Å²) < 4.78 is 1.23. The summed E-state index contributed by atoms with van der Waals surface area (Å²) in [4.78, 5) is 2.49.